The SMILES string of the molecule is CNCC[C@H](Oc1cccc(F)c1C)c1ccccc1.Cl. The fourth-order valence-electron chi connectivity index (χ4n) is 2.11. The quantitative estimate of drug-likeness (QED) is 0.859. The van der Waals surface area contributed by atoms with Crippen LogP contribution < -0.4 is 10.1 Å². The zero-order valence-corrected chi connectivity index (χ0v) is 13.1. The van der Waals surface area contributed by atoms with Crippen molar-refractivity contribution in [3.8, 4) is 5.75 Å². The first-order valence-corrected chi connectivity index (χ1v) is 6.83. The molecular weight excluding hydrogens is 289 g/mol. The molecule has 2 aromatic rings. The Morgan fingerprint density at radius 3 is 2.48 bits per heavy atom. The highest BCUT2D eigenvalue weighted by Gasteiger charge is 2.15. The molecule has 0 aromatic heterocycles. The Morgan fingerprint density at radius 2 is 1.81 bits per heavy atom. The zero-order chi connectivity index (χ0) is 14.4. The summed E-state index contributed by atoms with van der Waals surface area (Å²) in [5.74, 6) is 0.373. The average Bonchev–Trinajstić information content (AvgIpc) is 2.48. The second-order valence-electron chi connectivity index (χ2n) is 4.77. The third-order valence-electron chi connectivity index (χ3n) is 3.32. The molecule has 0 unspecified atom stereocenters. The predicted molar refractivity (Wildman–Crippen MR) is 86.7 cm³/mol. The molecule has 2 nitrogen and oxygen atoms in total. The molecule has 1 N–H and O–H groups in total. The summed E-state index contributed by atoms with van der Waals surface area (Å²) < 4.78 is 19.6. The van der Waals surface area contributed by atoms with Gasteiger partial charge in [-0.2, -0.15) is 0 Å². The second kappa shape index (κ2) is 8.65. The molecule has 4 heteroatoms. The first-order chi connectivity index (χ1) is 9.72. The molecule has 0 aliphatic carbocycles. The molecule has 21 heavy (non-hydrogen) atoms. The van der Waals surface area contributed by atoms with Gasteiger partial charge in [-0.05, 0) is 38.2 Å². The molecule has 0 amide bonds. The lowest BCUT2D eigenvalue weighted by atomic mass is 10.1. The number of rotatable bonds is 6. The maximum atomic E-state index is 13.6. The Labute approximate surface area is 131 Å². The van der Waals surface area contributed by atoms with Crippen molar-refractivity contribution in [3.05, 3.63) is 65.5 Å². The van der Waals surface area contributed by atoms with E-state index in [4.69, 9.17) is 4.74 Å². The molecule has 0 radical (unpaired) electrons. The molecule has 0 aliphatic heterocycles. The van der Waals surface area contributed by atoms with Gasteiger partial charge in [-0.15, -0.1) is 12.4 Å². The van der Waals surface area contributed by atoms with Crippen LogP contribution in [0, 0.1) is 12.7 Å². The smallest absolute Gasteiger partial charge is 0.129 e. The van der Waals surface area contributed by atoms with E-state index in [-0.39, 0.29) is 24.3 Å². The third kappa shape index (κ3) is 4.73. The normalized spacial score (nSPS) is 11.6. The van der Waals surface area contributed by atoms with Gasteiger partial charge < -0.3 is 10.1 Å². The van der Waals surface area contributed by atoms with E-state index in [2.05, 4.69) is 5.32 Å². The van der Waals surface area contributed by atoms with Crippen LogP contribution in [-0.4, -0.2) is 13.6 Å². The monoisotopic (exact) mass is 309 g/mol. The summed E-state index contributed by atoms with van der Waals surface area (Å²) in [5.41, 5.74) is 1.66. The largest absolute Gasteiger partial charge is 0.485 e. The van der Waals surface area contributed by atoms with Crippen molar-refractivity contribution in [2.75, 3.05) is 13.6 Å². The fraction of sp³-hybridized carbons (Fsp3) is 0.294. The van der Waals surface area contributed by atoms with Gasteiger partial charge in [0.15, 0.2) is 0 Å². The Kier molecular flexibility index (Phi) is 7.20. The van der Waals surface area contributed by atoms with Gasteiger partial charge in [0, 0.05) is 12.0 Å². The summed E-state index contributed by atoms with van der Waals surface area (Å²) in [7, 11) is 1.91. The number of ether oxygens (including phenoxy) is 1. The molecule has 0 spiro atoms. The fourth-order valence-corrected chi connectivity index (χ4v) is 2.11. The van der Waals surface area contributed by atoms with Crippen LogP contribution in [0.4, 0.5) is 4.39 Å². The van der Waals surface area contributed by atoms with Crippen molar-refractivity contribution in [1.82, 2.24) is 5.32 Å². The van der Waals surface area contributed by atoms with Crippen LogP contribution in [0.15, 0.2) is 48.5 Å². The minimum atomic E-state index is -0.233. The summed E-state index contributed by atoms with van der Waals surface area (Å²) in [6.45, 7) is 2.58. The highest BCUT2D eigenvalue weighted by atomic mass is 35.5. The number of hydrogen-bond acceptors (Lipinski definition) is 2. The predicted octanol–water partition coefficient (Wildman–Crippen LogP) is 4.29. The first-order valence-electron chi connectivity index (χ1n) is 6.83. The minimum absolute atomic E-state index is 0. The maximum Gasteiger partial charge on any atom is 0.129 e. The van der Waals surface area contributed by atoms with E-state index in [1.165, 1.54) is 6.07 Å². The van der Waals surface area contributed by atoms with Crippen LogP contribution >= 0.6 is 12.4 Å². The van der Waals surface area contributed by atoms with Crippen molar-refractivity contribution in [2.24, 2.45) is 0 Å². The minimum Gasteiger partial charge on any atom is -0.485 e. The van der Waals surface area contributed by atoms with Gasteiger partial charge in [0.2, 0.25) is 0 Å². The van der Waals surface area contributed by atoms with Crippen LogP contribution in [0.3, 0.4) is 0 Å². The van der Waals surface area contributed by atoms with E-state index in [0.29, 0.717) is 11.3 Å². The average molecular weight is 310 g/mol. The molecule has 0 heterocycles. The van der Waals surface area contributed by atoms with Crippen LogP contribution in [0.1, 0.15) is 23.7 Å². The van der Waals surface area contributed by atoms with Crippen LogP contribution in [0.25, 0.3) is 0 Å². The first kappa shape index (κ1) is 17.5. The second-order valence-corrected chi connectivity index (χ2v) is 4.77. The number of hydrogen-bond donors (Lipinski definition) is 1. The van der Waals surface area contributed by atoms with Crippen LogP contribution in [-0.2, 0) is 0 Å². The lowest BCUT2D eigenvalue weighted by Crippen LogP contribution is -2.16. The lowest BCUT2D eigenvalue weighted by Gasteiger charge is -2.21. The van der Waals surface area contributed by atoms with Gasteiger partial charge in [-0.3, -0.25) is 0 Å². The Morgan fingerprint density at radius 1 is 1.10 bits per heavy atom. The zero-order valence-electron chi connectivity index (χ0n) is 12.3. The summed E-state index contributed by atoms with van der Waals surface area (Å²) in [6, 6.07) is 15.0. The van der Waals surface area contributed by atoms with Gasteiger partial charge >= 0.3 is 0 Å². The number of nitrogens with one attached hydrogen (secondary N) is 1. The number of benzene rings is 2. The van der Waals surface area contributed by atoms with Gasteiger partial charge in [0.25, 0.3) is 0 Å². The molecule has 2 aromatic carbocycles. The number of halogens is 2. The lowest BCUT2D eigenvalue weighted by molar-refractivity contribution is 0.192. The summed E-state index contributed by atoms with van der Waals surface area (Å²) in [6.07, 6.45) is 0.750. The summed E-state index contributed by atoms with van der Waals surface area (Å²) in [4.78, 5) is 0. The van der Waals surface area contributed by atoms with E-state index >= 15 is 0 Å². The third-order valence-corrected chi connectivity index (χ3v) is 3.32. The van der Waals surface area contributed by atoms with Gasteiger partial charge in [0.1, 0.15) is 17.7 Å². The molecule has 2 rings (SSSR count). The van der Waals surface area contributed by atoms with Crippen molar-refractivity contribution in [1.29, 1.82) is 0 Å². The molecule has 0 fully saturated rings. The van der Waals surface area contributed by atoms with E-state index in [0.717, 1.165) is 18.5 Å². The molecule has 1 atom stereocenters. The standard InChI is InChI=1S/C17H20FNO.ClH/c1-13-15(18)9-6-10-16(13)20-17(11-12-19-2)14-7-4-3-5-8-14;/h3-10,17,19H,11-12H2,1-2H3;1H/t17-;/m0./s1. The van der Waals surface area contributed by atoms with E-state index in [1.807, 2.05) is 43.4 Å². The summed E-state index contributed by atoms with van der Waals surface area (Å²) >= 11 is 0. The summed E-state index contributed by atoms with van der Waals surface area (Å²) in [5, 5.41) is 3.13. The molecule has 0 saturated carbocycles. The molecule has 0 bridgehead atoms. The van der Waals surface area contributed by atoms with Crippen molar-refractivity contribution in [2.45, 2.75) is 19.4 Å². The Balaban J connectivity index is 0.00000220. The maximum absolute atomic E-state index is 13.6. The van der Waals surface area contributed by atoms with Crippen LogP contribution in [0.2, 0.25) is 0 Å². The van der Waals surface area contributed by atoms with E-state index in [9.17, 15) is 4.39 Å². The van der Waals surface area contributed by atoms with E-state index < -0.39 is 0 Å². The molecule has 0 aliphatic rings. The van der Waals surface area contributed by atoms with Gasteiger partial charge in [-0.1, -0.05) is 36.4 Å². The van der Waals surface area contributed by atoms with Crippen molar-refractivity contribution in [3.63, 3.8) is 0 Å². The van der Waals surface area contributed by atoms with Crippen molar-refractivity contribution >= 4 is 12.4 Å². The van der Waals surface area contributed by atoms with E-state index in [1.54, 1.807) is 13.0 Å². The molecular formula is C17H21ClFNO. The van der Waals surface area contributed by atoms with Gasteiger partial charge in [-0.25, -0.2) is 4.39 Å². The topological polar surface area (TPSA) is 21.3 Å². The van der Waals surface area contributed by atoms with Gasteiger partial charge in [0.05, 0.1) is 0 Å². The van der Waals surface area contributed by atoms with Crippen LogP contribution in [0.5, 0.6) is 5.75 Å². The van der Waals surface area contributed by atoms with Crippen molar-refractivity contribution < 1.29 is 9.13 Å². The Bertz CT molecular complexity index is 548. The highest BCUT2D eigenvalue weighted by Crippen LogP contribution is 2.28. The molecule has 0 saturated heterocycles. The molecule has 114 valence electrons. The Hall–Kier alpha value is -1.58. The highest BCUT2D eigenvalue weighted by molar-refractivity contribution is 5.85.